The van der Waals surface area contributed by atoms with E-state index in [4.69, 9.17) is 4.74 Å². The van der Waals surface area contributed by atoms with E-state index in [9.17, 15) is 9.59 Å². The van der Waals surface area contributed by atoms with Crippen LogP contribution in [0.2, 0.25) is 0 Å². The smallest absolute Gasteiger partial charge is 0.308 e. The number of hydrogen-bond donors (Lipinski definition) is 0. The molecule has 0 N–H and O–H groups in total. The summed E-state index contributed by atoms with van der Waals surface area (Å²) in [5.41, 5.74) is 4.16. The van der Waals surface area contributed by atoms with E-state index in [1.807, 2.05) is 32.0 Å². The van der Waals surface area contributed by atoms with Crippen molar-refractivity contribution in [3.05, 3.63) is 50.2 Å². The molecule has 1 unspecified atom stereocenters. The molecule has 31 heavy (non-hydrogen) atoms. The van der Waals surface area contributed by atoms with Crippen LogP contribution in [0.4, 0.5) is 11.5 Å². The summed E-state index contributed by atoms with van der Waals surface area (Å²) >= 11 is 2.32. The highest BCUT2D eigenvalue weighted by Crippen LogP contribution is 2.39. The van der Waals surface area contributed by atoms with Crippen molar-refractivity contribution in [1.29, 1.82) is 0 Å². The third-order valence-corrected chi connectivity index (χ3v) is 6.94. The Hall–Kier alpha value is -2.44. The second-order valence-corrected chi connectivity index (χ2v) is 8.89. The lowest BCUT2D eigenvalue weighted by atomic mass is 9.94. The molecular formula is C24H24IN3O3. The summed E-state index contributed by atoms with van der Waals surface area (Å²) in [6.07, 6.45) is 0.898. The summed E-state index contributed by atoms with van der Waals surface area (Å²) in [6, 6.07) is 7.84. The Morgan fingerprint density at radius 3 is 2.87 bits per heavy atom. The summed E-state index contributed by atoms with van der Waals surface area (Å²) < 4.78 is 6.76. The number of halogens is 1. The number of benzene rings is 1. The maximum atomic E-state index is 13.2. The third kappa shape index (κ3) is 4.06. The Morgan fingerprint density at radius 1 is 1.39 bits per heavy atom. The van der Waals surface area contributed by atoms with Gasteiger partial charge in [0.1, 0.15) is 11.5 Å². The fourth-order valence-corrected chi connectivity index (χ4v) is 4.57. The van der Waals surface area contributed by atoms with Gasteiger partial charge in [0.05, 0.1) is 12.3 Å². The van der Waals surface area contributed by atoms with Crippen LogP contribution in [-0.2, 0) is 16.1 Å². The molecule has 4 rings (SSSR count). The normalized spacial score (nSPS) is 17.4. The lowest BCUT2D eigenvalue weighted by Gasteiger charge is -2.26. The molecule has 2 aliphatic rings. The fraction of sp³-hybridized carbons (Fsp3) is 0.375. The second kappa shape index (κ2) is 8.97. The molecule has 0 saturated carbocycles. The largest absolute Gasteiger partial charge is 0.381 e. The number of hydrogen-bond acceptors (Lipinski definition) is 4. The summed E-state index contributed by atoms with van der Waals surface area (Å²) in [7, 11) is 0. The van der Waals surface area contributed by atoms with E-state index >= 15 is 0 Å². The maximum Gasteiger partial charge on any atom is 0.308 e. The number of anilines is 2. The molecule has 3 heterocycles. The zero-order valence-electron chi connectivity index (χ0n) is 17.9. The molecule has 0 spiro atoms. The first-order valence-corrected chi connectivity index (χ1v) is 11.5. The molecular weight excluding hydrogens is 505 g/mol. The average molecular weight is 529 g/mol. The monoisotopic (exact) mass is 529 g/mol. The molecule has 7 heteroatoms. The van der Waals surface area contributed by atoms with E-state index < -0.39 is 0 Å². The van der Waals surface area contributed by atoms with Crippen molar-refractivity contribution in [1.82, 2.24) is 9.88 Å². The number of nitrogens with zero attached hydrogens (tertiary/aromatic N) is 3. The van der Waals surface area contributed by atoms with Crippen LogP contribution in [0.15, 0.2) is 24.3 Å². The molecule has 2 amide bonds. The minimum Gasteiger partial charge on any atom is -0.381 e. The van der Waals surface area contributed by atoms with Crippen molar-refractivity contribution in [2.75, 3.05) is 24.7 Å². The van der Waals surface area contributed by atoms with Crippen LogP contribution < -0.4 is 4.90 Å². The van der Waals surface area contributed by atoms with E-state index in [1.165, 1.54) is 0 Å². The molecule has 0 radical (unpaired) electrons. The van der Waals surface area contributed by atoms with Gasteiger partial charge in [0.25, 0.3) is 5.91 Å². The van der Waals surface area contributed by atoms with Gasteiger partial charge in [0.2, 0.25) is 0 Å². The number of aromatic nitrogens is 1. The number of amides is 2. The van der Waals surface area contributed by atoms with Crippen molar-refractivity contribution < 1.29 is 14.3 Å². The number of carbonyl (C=O) groups is 2. The molecule has 160 valence electrons. The van der Waals surface area contributed by atoms with Gasteiger partial charge in [-0.3, -0.25) is 14.5 Å². The highest BCUT2D eigenvalue weighted by atomic mass is 127. The van der Waals surface area contributed by atoms with Crippen LogP contribution in [0, 0.1) is 22.3 Å². The Morgan fingerprint density at radius 2 is 2.19 bits per heavy atom. The molecule has 0 bridgehead atoms. The van der Waals surface area contributed by atoms with Crippen molar-refractivity contribution in [3.63, 3.8) is 0 Å². The number of ether oxygens (including phenoxy) is 1. The molecule has 1 fully saturated rings. The van der Waals surface area contributed by atoms with E-state index in [0.29, 0.717) is 37.8 Å². The first-order chi connectivity index (χ1) is 14.9. The lowest BCUT2D eigenvalue weighted by Crippen LogP contribution is -2.28. The quantitative estimate of drug-likeness (QED) is 0.441. The minimum absolute atomic E-state index is 0.100. The van der Waals surface area contributed by atoms with Gasteiger partial charge in [-0.1, -0.05) is 12.0 Å². The topological polar surface area (TPSA) is 62.7 Å². The maximum absolute atomic E-state index is 13.2. The van der Waals surface area contributed by atoms with Gasteiger partial charge in [-0.2, -0.15) is 0 Å². The van der Waals surface area contributed by atoms with Gasteiger partial charge < -0.3 is 9.64 Å². The third-order valence-electron chi connectivity index (χ3n) is 5.78. The van der Waals surface area contributed by atoms with Crippen molar-refractivity contribution in [2.45, 2.75) is 39.7 Å². The summed E-state index contributed by atoms with van der Waals surface area (Å²) in [4.78, 5) is 33.9. The van der Waals surface area contributed by atoms with Crippen molar-refractivity contribution >= 4 is 45.9 Å². The van der Waals surface area contributed by atoms with E-state index in [-0.39, 0.29) is 17.7 Å². The molecule has 1 atom stereocenters. The summed E-state index contributed by atoms with van der Waals surface area (Å²) in [5.74, 6) is 5.51. The highest BCUT2D eigenvalue weighted by Gasteiger charge is 2.31. The molecule has 0 aliphatic carbocycles. The average Bonchev–Trinajstić information content (AvgIpc) is 3.39. The van der Waals surface area contributed by atoms with Gasteiger partial charge in [0.15, 0.2) is 0 Å². The van der Waals surface area contributed by atoms with Gasteiger partial charge in [-0.05, 0) is 85.0 Å². The molecule has 6 nitrogen and oxygen atoms in total. The number of carbonyl (C=O) groups excluding carboxylic acids is 2. The van der Waals surface area contributed by atoms with Crippen LogP contribution in [0.1, 0.15) is 53.4 Å². The van der Waals surface area contributed by atoms with E-state index in [1.54, 1.807) is 16.7 Å². The second-order valence-electron chi connectivity index (χ2n) is 7.73. The van der Waals surface area contributed by atoms with Crippen LogP contribution in [0.25, 0.3) is 0 Å². The molecule has 1 aromatic carbocycles. The molecule has 1 aromatic heterocycles. The van der Waals surface area contributed by atoms with Gasteiger partial charge in [-0.25, -0.2) is 4.98 Å². The highest BCUT2D eigenvalue weighted by molar-refractivity contribution is 14.1. The van der Waals surface area contributed by atoms with Gasteiger partial charge in [-0.15, -0.1) is 0 Å². The fourth-order valence-electron chi connectivity index (χ4n) is 4.08. The zero-order valence-corrected chi connectivity index (χ0v) is 20.0. The SMILES string of the molecule is CC#CC(=O)N(c1ccc2c(n1)C(=O)N(CC)C2)c1cc(C)c(I)cc1C1CCOC1. The van der Waals surface area contributed by atoms with Crippen molar-refractivity contribution in [3.8, 4) is 11.8 Å². The minimum atomic E-state index is -0.367. The number of aryl methyl sites for hydroxylation is 1. The Balaban J connectivity index is 1.87. The molecule has 2 aliphatic heterocycles. The first-order valence-electron chi connectivity index (χ1n) is 10.4. The summed E-state index contributed by atoms with van der Waals surface area (Å²) in [6.45, 7) is 8.10. The number of fused-ring (bicyclic) bond motifs is 1. The van der Waals surface area contributed by atoms with Gasteiger partial charge >= 0.3 is 5.91 Å². The number of rotatable bonds is 4. The van der Waals surface area contributed by atoms with Crippen LogP contribution in [-0.4, -0.2) is 41.5 Å². The standard InChI is InChI=1S/C24H24IN3O3/c1-4-6-22(29)28(21-8-7-16-13-27(5-2)24(30)23(16)26-21)20-11-15(3)19(25)12-18(20)17-9-10-31-14-17/h7-8,11-12,17H,5,9-10,13-14H2,1-3H3. The predicted molar refractivity (Wildman–Crippen MR) is 127 cm³/mol. The van der Waals surface area contributed by atoms with E-state index in [0.717, 1.165) is 32.4 Å². The summed E-state index contributed by atoms with van der Waals surface area (Å²) in [5, 5.41) is 0. The van der Waals surface area contributed by atoms with E-state index in [2.05, 4.69) is 45.5 Å². The van der Waals surface area contributed by atoms with Crippen LogP contribution in [0.3, 0.4) is 0 Å². The van der Waals surface area contributed by atoms with Crippen LogP contribution >= 0.6 is 22.6 Å². The van der Waals surface area contributed by atoms with Crippen LogP contribution in [0.5, 0.6) is 0 Å². The molecule has 1 saturated heterocycles. The Bertz CT molecular complexity index is 1110. The zero-order chi connectivity index (χ0) is 22.1. The number of pyridine rings is 1. The van der Waals surface area contributed by atoms with Gasteiger partial charge in [0, 0.05) is 34.7 Å². The Labute approximate surface area is 196 Å². The predicted octanol–water partition coefficient (Wildman–Crippen LogP) is 4.16. The Kier molecular flexibility index (Phi) is 6.30. The first kappa shape index (κ1) is 21.8. The lowest BCUT2D eigenvalue weighted by molar-refractivity contribution is -0.112. The van der Waals surface area contributed by atoms with Crippen molar-refractivity contribution in [2.24, 2.45) is 0 Å². The molecule has 2 aromatic rings.